The first kappa shape index (κ1) is 22.8. The van der Waals surface area contributed by atoms with Crippen LogP contribution in [0.25, 0.3) is 0 Å². The summed E-state index contributed by atoms with van der Waals surface area (Å²) in [5.41, 5.74) is 0. The summed E-state index contributed by atoms with van der Waals surface area (Å²) in [5, 5.41) is 3.51. The Morgan fingerprint density at radius 3 is 2.52 bits per heavy atom. The second-order valence-electron chi connectivity index (χ2n) is 9.27. The Bertz CT molecular complexity index is 479. The third-order valence-electron chi connectivity index (χ3n) is 6.82. The van der Waals surface area contributed by atoms with Gasteiger partial charge in [0, 0.05) is 32.3 Å². The first-order chi connectivity index (χ1) is 14.2. The van der Waals surface area contributed by atoms with Crippen LogP contribution in [0.2, 0.25) is 0 Å². The van der Waals surface area contributed by atoms with Crippen molar-refractivity contribution >= 4 is 5.96 Å². The smallest absolute Gasteiger partial charge is 0.193 e. The van der Waals surface area contributed by atoms with Gasteiger partial charge in [-0.3, -0.25) is 9.89 Å². The Morgan fingerprint density at radius 1 is 1.10 bits per heavy atom. The molecule has 2 atom stereocenters. The lowest BCUT2D eigenvalue weighted by Gasteiger charge is -2.36. The van der Waals surface area contributed by atoms with Crippen LogP contribution in [0.3, 0.4) is 0 Å². The van der Waals surface area contributed by atoms with Crippen LogP contribution in [-0.4, -0.2) is 86.5 Å². The number of hydrogen-bond donors (Lipinski definition) is 1. The Labute approximate surface area is 178 Å². The van der Waals surface area contributed by atoms with E-state index >= 15 is 0 Å². The van der Waals surface area contributed by atoms with Gasteiger partial charge in [0.1, 0.15) is 0 Å². The summed E-state index contributed by atoms with van der Waals surface area (Å²) in [7, 11) is 0. The fourth-order valence-electron chi connectivity index (χ4n) is 4.65. The second-order valence-corrected chi connectivity index (χ2v) is 9.27. The van der Waals surface area contributed by atoms with Gasteiger partial charge < -0.3 is 19.7 Å². The minimum atomic E-state index is 0.319. The SMILES string of the molecule is CCNC(=NCC(C)N1CCC(C)CC1)N1CCC(OCC2CCCCO2)CC1. The summed E-state index contributed by atoms with van der Waals surface area (Å²) in [4.78, 5) is 10.0. The molecule has 6 heteroatoms. The van der Waals surface area contributed by atoms with Gasteiger partial charge in [-0.2, -0.15) is 0 Å². The van der Waals surface area contributed by atoms with E-state index in [4.69, 9.17) is 14.5 Å². The van der Waals surface area contributed by atoms with E-state index < -0.39 is 0 Å². The molecule has 0 aromatic rings. The number of guanidine groups is 1. The van der Waals surface area contributed by atoms with Crippen LogP contribution in [0.5, 0.6) is 0 Å². The van der Waals surface area contributed by atoms with Crippen molar-refractivity contribution in [2.45, 2.75) is 84.0 Å². The average Bonchev–Trinajstić information content (AvgIpc) is 2.76. The first-order valence-electron chi connectivity index (χ1n) is 12.2. The molecule has 0 aromatic heterocycles. The van der Waals surface area contributed by atoms with E-state index in [-0.39, 0.29) is 0 Å². The van der Waals surface area contributed by atoms with E-state index in [2.05, 4.69) is 35.9 Å². The van der Waals surface area contributed by atoms with E-state index in [9.17, 15) is 0 Å². The molecule has 2 unspecified atom stereocenters. The maximum Gasteiger partial charge on any atom is 0.193 e. The van der Waals surface area contributed by atoms with Crippen molar-refractivity contribution in [1.82, 2.24) is 15.1 Å². The molecule has 3 saturated heterocycles. The number of hydrogen-bond acceptors (Lipinski definition) is 4. The maximum atomic E-state index is 6.18. The number of nitrogens with zero attached hydrogens (tertiary/aromatic N) is 3. The molecular weight excluding hydrogens is 364 g/mol. The van der Waals surface area contributed by atoms with Crippen LogP contribution < -0.4 is 5.32 Å². The highest BCUT2D eigenvalue weighted by Crippen LogP contribution is 2.19. The maximum absolute atomic E-state index is 6.18. The highest BCUT2D eigenvalue weighted by molar-refractivity contribution is 5.80. The van der Waals surface area contributed by atoms with Crippen LogP contribution >= 0.6 is 0 Å². The molecule has 3 fully saturated rings. The third-order valence-corrected chi connectivity index (χ3v) is 6.82. The molecule has 3 aliphatic heterocycles. The van der Waals surface area contributed by atoms with Crippen molar-refractivity contribution in [3.63, 3.8) is 0 Å². The molecule has 0 bridgehead atoms. The van der Waals surface area contributed by atoms with Gasteiger partial charge in [-0.1, -0.05) is 6.92 Å². The third kappa shape index (κ3) is 7.41. The molecule has 0 saturated carbocycles. The predicted octanol–water partition coefficient (Wildman–Crippen LogP) is 3.12. The van der Waals surface area contributed by atoms with E-state index in [1.807, 2.05) is 0 Å². The van der Waals surface area contributed by atoms with Crippen LogP contribution in [0.4, 0.5) is 0 Å². The van der Waals surface area contributed by atoms with Gasteiger partial charge in [-0.05, 0) is 77.8 Å². The Hall–Kier alpha value is -0.850. The monoisotopic (exact) mass is 408 g/mol. The quantitative estimate of drug-likeness (QED) is 0.518. The summed E-state index contributed by atoms with van der Waals surface area (Å²) in [6.45, 7) is 14.8. The van der Waals surface area contributed by atoms with Gasteiger partial charge in [0.2, 0.25) is 0 Å². The average molecular weight is 409 g/mol. The molecule has 0 spiro atoms. The molecule has 0 aromatic carbocycles. The molecule has 0 radical (unpaired) electrons. The Balaban J connectivity index is 1.41. The van der Waals surface area contributed by atoms with E-state index in [0.717, 1.165) is 70.5 Å². The van der Waals surface area contributed by atoms with Crippen LogP contribution in [0.1, 0.15) is 65.7 Å². The van der Waals surface area contributed by atoms with Gasteiger partial charge in [0.15, 0.2) is 5.96 Å². The topological polar surface area (TPSA) is 49.3 Å². The fraction of sp³-hybridized carbons (Fsp3) is 0.957. The van der Waals surface area contributed by atoms with Gasteiger partial charge in [0.05, 0.1) is 25.4 Å². The molecule has 3 heterocycles. The van der Waals surface area contributed by atoms with E-state index in [0.29, 0.717) is 18.2 Å². The minimum absolute atomic E-state index is 0.319. The minimum Gasteiger partial charge on any atom is -0.376 e. The molecular formula is C23H44N4O2. The summed E-state index contributed by atoms with van der Waals surface area (Å²) in [5.74, 6) is 1.96. The molecule has 29 heavy (non-hydrogen) atoms. The Morgan fingerprint density at radius 2 is 1.86 bits per heavy atom. The Kier molecular flexibility index (Phi) is 9.53. The van der Waals surface area contributed by atoms with Crippen molar-refractivity contribution in [2.24, 2.45) is 10.9 Å². The molecule has 168 valence electrons. The lowest BCUT2D eigenvalue weighted by atomic mass is 9.98. The van der Waals surface area contributed by atoms with Crippen LogP contribution in [0.15, 0.2) is 4.99 Å². The van der Waals surface area contributed by atoms with Gasteiger partial charge in [0.25, 0.3) is 0 Å². The molecule has 0 amide bonds. The van der Waals surface area contributed by atoms with E-state index in [1.54, 1.807) is 0 Å². The number of piperidine rings is 2. The molecule has 3 rings (SSSR count). The number of aliphatic imine (C=N–C) groups is 1. The number of ether oxygens (including phenoxy) is 2. The van der Waals surface area contributed by atoms with Gasteiger partial charge in [-0.25, -0.2) is 0 Å². The van der Waals surface area contributed by atoms with Gasteiger partial charge in [-0.15, -0.1) is 0 Å². The molecule has 0 aliphatic carbocycles. The second kappa shape index (κ2) is 12.1. The fourth-order valence-corrected chi connectivity index (χ4v) is 4.65. The standard InChI is InChI=1S/C23H44N4O2/c1-4-24-23(25-17-20(3)26-12-8-19(2)9-13-26)27-14-10-21(11-15-27)29-18-22-7-5-6-16-28-22/h19-22H,4-18H2,1-3H3,(H,24,25). The van der Waals surface area contributed by atoms with Crippen molar-refractivity contribution in [3.8, 4) is 0 Å². The predicted molar refractivity (Wildman–Crippen MR) is 120 cm³/mol. The number of rotatable bonds is 7. The number of nitrogens with one attached hydrogen (secondary N) is 1. The van der Waals surface area contributed by atoms with Crippen LogP contribution in [0, 0.1) is 5.92 Å². The first-order valence-corrected chi connectivity index (χ1v) is 12.2. The summed E-state index contributed by atoms with van der Waals surface area (Å²) >= 11 is 0. The number of likely N-dealkylation sites (tertiary alicyclic amines) is 2. The van der Waals surface area contributed by atoms with Gasteiger partial charge >= 0.3 is 0 Å². The van der Waals surface area contributed by atoms with Crippen LogP contribution in [-0.2, 0) is 9.47 Å². The zero-order chi connectivity index (χ0) is 20.5. The molecule has 1 N–H and O–H groups in total. The van der Waals surface area contributed by atoms with E-state index in [1.165, 1.54) is 38.8 Å². The largest absolute Gasteiger partial charge is 0.376 e. The zero-order valence-corrected chi connectivity index (χ0v) is 19.1. The molecule has 3 aliphatic rings. The van der Waals surface area contributed by atoms with Crippen molar-refractivity contribution in [2.75, 3.05) is 52.5 Å². The normalized spacial score (nSPS) is 27.2. The summed E-state index contributed by atoms with van der Waals surface area (Å²) < 4.78 is 12.0. The summed E-state index contributed by atoms with van der Waals surface area (Å²) in [6, 6.07) is 0.521. The lowest BCUT2D eigenvalue weighted by molar-refractivity contribution is -0.0721. The van der Waals surface area contributed by atoms with Crippen molar-refractivity contribution in [1.29, 1.82) is 0 Å². The molecule has 6 nitrogen and oxygen atoms in total. The summed E-state index contributed by atoms with van der Waals surface area (Å²) in [6.07, 6.45) is 9.15. The lowest BCUT2D eigenvalue weighted by Crippen LogP contribution is -2.48. The van der Waals surface area contributed by atoms with Crippen molar-refractivity contribution in [3.05, 3.63) is 0 Å². The van der Waals surface area contributed by atoms with Crippen molar-refractivity contribution < 1.29 is 9.47 Å². The zero-order valence-electron chi connectivity index (χ0n) is 19.1. The highest BCUT2D eigenvalue weighted by atomic mass is 16.5. The highest BCUT2D eigenvalue weighted by Gasteiger charge is 2.25.